The highest BCUT2D eigenvalue weighted by Gasteiger charge is 2.14. The van der Waals surface area contributed by atoms with E-state index in [0.717, 1.165) is 5.39 Å². The third kappa shape index (κ3) is 2.63. The van der Waals surface area contributed by atoms with Crippen LogP contribution in [0, 0.1) is 0 Å². The van der Waals surface area contributed by atoms with Crippen LogP contribution in [0.3, 0.4) is 0 Å². The third-order valence-corrected chi connectivity index (χ3v) is 3.26. The number of carbonyl (C=O) groups is 1. The SMILES string of the molecule is CC(C)n1ccc(C(=O)Nc2cc3ccccc3oc2=O)n1. The minimum Gasteiger partial charge on any atom is -0.421 e. The fourth-order valence-electron chi connectivity index (χ4n) is 2.08. The van der Waals surface area contributed by atoms with Gasteiger partial charge in [0.1, 0.15) is 11.3 Å². The molecule has 2 aromatic heterocycles. The van der Waals surface area contributed by atoms with Gasteiger partial charge in [-0.3, -0.25) is 9.48 Å². The number of nitrogens with one attached hydrogen (secondary N) is 1. The summed E-state index contributed by atoms with van der Waals surface area (Å²) in [6.07, 6.45) is 1.72. The molecule has 2 heterocycles. The lowest BCUT2D eigenvalue weighted by molar-refractivity contribution is 0.102. The van der Waals surface area contributed by atoms with E-state index in [2.05, 4.69) is 10.4 Å². The van der Waals surface area contributed by atoms with Crippen molar-refractivity contribution < 1.29 is 9.21 Å². The molecule has 1 amide bonds. The van der Waals surface area contributed by atoms with Crippen molar-refractivity contribution in [3.8, 4) is 0 Å². The molecular formula is C16H15N3O3. The van der Waals surface area contributed by atoms with Crippen molar-refractivity contribution in [1.29, 1.82) is 0 Å². The summed E-state index contributed by atoms with van der Waals surface area (Å²) in [5, 5.41) is 7.46. The van der Waals surface area contributed by atoms with Gasteiger partial charge in [-0.2, -0.15) is 5.10 Å². The second-order valence-electron chi connectivity index (χ2n) is 5.21. The van der Waals surface area contributed by atoms with Crippen molar-refractivity contribution in [1.82, 2.24) is 9.78 Å². The second-order valence-corrected chi connectivity index (χ2v) is 5.21. The minimum atomic E-state index is -0.588. The van der Waals surface area contributed by atoms with Crippen LogP contribution in [0.15, 0.2) is 51.8 Å². The lowest BCUT2D eigenvalue weighted by Crippen LogP contribution is -2.18. The molecule has 3 aromatic rings. The Hall–Kier alpha value is -2.89. The molecule has 0 aliphatic heterocycles. The molecule has 112 valence electrons. The first-order chi connectivity index (χ1) is 10.5. The molecule has 0 spiro atoms. The van der Waals surface area contributed by atoms with E-state index < -0.39 is 11.5 Å². The summed E-state index contributed by atoms with van der Waals surface area (Å²) in [6.45, 7) is 3.93. The number of nitrogens with zero attached hydrogens (tertiary/aromatic N) is 2. The molecule has 0 unspecified atom stereocenters. The van der Waals surface area contributed by atoms with Crippen molar-refractivity contribution in [2.24, 2.45) is 0 Å². The zero-order chi connectivity index (χ0) is 15.7. The van der Waals surface area contributed by atoms with Gasteiger partial charge in [-0.05, 0) is 32.0 Å². The van der Waals surface area contributed by atoms with Gasteiger partial charge in [-0.15, -0.1) is 0 Å². The molecule has 0 saturated carbocycles. The van der Waals surface area contributed by atoms with Gasteiger partial charge in [0.15, 0.2) is 5.69 Å². The molecule has 0 aliphatic carbocycles. The Morgan fingerprint density at radius 3 is 2.77 bits per heavy atom. The van der Waals surface area contributed by atoms with E-state index in [0.29, 0.717) is 5.58 Å². The van der Waals surface area contributed by atoms with Gasteiger partial charge in [-0.1, -0.05) is 18.2 Å². The van der Waals surface area contributed by atoms with Crippen LogP contribution in [-0.4, -0.2) is 15.7 Å². The number of rotatable bonds is 3. The van der Waals surface area contributed by atoms with Gasteiger partial charge in [0, 0.05) is 17.6 Å². The molecule has 0 atom stereocenters. The van der Waals surface area contributed by atoms with E-state index in [1.54, 1.807) is 41.2 Å². The largest absolute Gasteiger partial charge is 0.421 e. The van der Waals surface area contributed by atoms with Gasteiger partial charge in [-0.25, -0.2) is 4.79 Å². The van der Waals surface area contributed by atoms with Crippen LogP contribution in [-0.2, 0) is 0 Å². The van der Waals surface area contributed by atoms with Crippen molar-refractivity contribution in [3.05, 3.63) is 58.7 Å². The Labute approximate surface area is 126 Å². The van der Waals surface area contributed by atoms with Crippen molar-refractivity contribution in [3.63, 3.8) is 0 Å². The summed E-state index contributed by atoms with van der Waals surface area (Å²) in [4.78, 5) is 24.1. The maximum atomic E-state index is 12.2. The molecule has 0 saturated heterocycles. The summed E-state index contributed by atoms with van der Waals surface area (Å²) in [7, 11) is 0. The Morgan fingerprint density at radius 2 is 2.05 bits per heavy atom. The number of benzene rings is 1. The van der Waals surface area contributed by atoms with Gasteiger partial charge in [0.2, 0.25) is 0 Å². The lowest BCUT2D eigenvalue weighted by atomic mass is 10.2. The number of carbonyl (C=O) groups excluding carboxylic acids is 1. The summed E-state index contributed by atoms with van der Waals surface area (Å²) in [5.41, 5.74) is 0.244. The fourth-order valence-corrected chi connectivity index (χ4v) is 2.08. The van der Waals surface area contributed by atoms with Gasteiger partial charge >= 0.3 is 5.63 Å². The minimum absolute atomic E-state index is 0.0998. The third-order valence-electron chi connectivity index (χ3n) is 3.26. The number of amides is 1. The molecule has 22 heavy (non-hydrogen) atoms. The normalized spacial score (nSPS) is 11.0. The fraction of sp³-hybridized carbons (Fsp3) is 0.188. The van der Waals surface area contributed by atoms with Crippen molar-refractivity contribution >= 4 is 22.6 Å². The molecule has 6 heteroatoms. The highest BCUT2D eigenvalue weighted by Crippen LogP contribution is 2.15. The quantitative estimate of drug-likeness (QED) is 0.754. The van der Waals surface area contributed by atoms with Gasteiger partial charge in [0.05, 0.1) is 0 Å². The first kappa shape index (κ1) is 14.1. The van der Waals surface area contributed by atoms with Crippen LogP contribution in [0.1, 0.15) is 30.4 Å². The number of fused-ring (bicyclic) bond motifs is 1. The number of anilines is 1. The van der Waals surface area contributed by atoms with Crippen LogP contribution >= 0.6 is 0 Å². The summed E-state index contributed by atoms with van der Waals surface area (Å²) >= 11 is 0. The van der Waals surface area contributed by atoms with Crippen LogP contribution in [0.4, 0.5) is 5.69 Å². The van der Waals surface area contributed by atoms with Gasteiger partial charge < -0.3 is 9.73 Å². The van der Waals surface area contributed by atoms with Crippen LogP contribution in [0.5, 0.6) is 0 Å². The molecule has 0 bridgehead atoms. The number of para-hydroxylation sites is 1. The molecule has 0 fully saturated rings. The predicted molar refractivity (Wildman–Crippen MR) is 83.0 cm³/mol. The number of aromatic nitrogens is 2. The Balaban J connectivity index is 1.90. The van der Waals surface area contributed by atoms with E-state index in [1.807, 2.05) is 19.9 Å². The smallest absolute Gasteiger partial charge is 0.360 e. The zero-order valence-electron chi connectivity index (χ0n) is 12.2. The molecular weight excluding hydrogens is 282 g/mol. The van der Waals surface area contributed by atoms with E-state index in [9.17, 15) is 9.59 Å². The summed E-state index contributed by atoms with van der Waals surface area (Å²) in [5.74, 6) is -0.443. The first-order valence-electron chi connectivity index (χ1n) is 6.94. The topological polar surface area (TPSA) is 77.1 Å². The molecule has 1 N–H and O–H groups in total. The first-order valence-corrected chi connectivity index (χ1v) is 6.94. The molecule has 6 nitrogen and oxygen atoms in total. The molecule has 3 rings (SSSR count). The second kappa shape index (κ2) is 5.48. The van der Waals surface area contributed by atoms with Crippen LogP contribution < -0.4 is 10.9 Å². The highest BCUT2D eigenvalue weighted by atomic mass is 16.4. The Morgan fingerprint density at radius 1 is 1.27 bits per heavy atom. The van der Waals surface area contributed by atoms with Gasteiger partial charge in [0.25, 0.3) is 5.91 Å². The molecule has 0 radical (unpaired) electrons. The van der Waals surface area contributed by atoms with Crippen LogP contribution in [0.25, 0.3) is 11.0 Å². The molecule has 0 aliphatic rings. The maximum absolute atomic E-state index is 12.2. The van der Waals surface area contributed by atoms with Crippen LogP contribution in [0.2, 0.25) is 0 Å². The molecule has 1 aromatic carbocycles. The highest BCUT2D eigenvalue weighted by molar-refractivity contribution is 6.03. The van der Waals surface area contributed by atoms with Crippen molar-refractivity contribution in [2.45, 2.75) is 19.9 Å². The Bertz CT molecular complexity index is 893. The average molecular weight is 297 g/mol. The average Bonchev–Trinajstić information content (AvgIpc) is 2.98. The predicted octanol–water partition coefficient (Wildman–Crippen LogP) is 2.82. The monoisotopic (exact) mass is 297 g/mol. The zero-order valence-corrected chi connectivity index (χ0v) is 12.2. The van der Waals surface area contributed by atoms with E-state index in [4.69, 9.17) is 4.42 Å². The standard InChI is InChI=1S/C16H15N3O3/c1-10(2)19-8-7-12(18-19)15(20)17-13-9-11-5-3-4-6-14(11)22-16(13)21/h3-10H,1-2H3,(H,17,20). The van der Waals surface area contributed by atoms with E-state index in [-0.39, 0.29) is 17.4 Å². The maximum Gasteiger partial charge on any atom is 0.360 e. The number of hydrogen-bond donors (Lipinski definition) is 1. The lowest BCUT2D eigenvalue weighted by Gasteiger charge is -2.05. The summed E-state index contributed by atoms with van der Waals surface area (Å²) in [6, 6.07) is 10.5. The number of hydrogen-bond acceptors (Lipinski definition) is 4. The summed E-state index contributed by atoms with van der Waals surface area (Å²) < 4.78 is 6.86. The van der Waals surface area contributed by atoms with Crippen molar-refractivity contribution in [2.75, 3.05) is 5.32 Å². The Kier molecular flexibility index (Phi) is 3.50. The van der Waals surface area contributed by atoms with E-state index >= 15 is 0 Å². The van der Waals surface area contributed by atoms with E-state index in [1.165, 1.54) is 0 Å².